The molecule has 2 aromatic rings. The summed E-state index contributed by atoms with van der Waals surface area (Å²) in [6.45, 7) is 0.230. The molecule has 1 aliphatic rings. The van der Waals surface area contributed by atoms with Crippen molar-refractivity contribution in [3.8, 4) is 0 Å². The van der Waals surface area contributed by atoms with Gasteiger partial charge in [-0.15, -0.1) is 0 Å². The van der Waals surface area contributed by atoms with Crippen molar-refractivity contribution in [2.45, 2.75) is 6.54 Å². The monoisotopic (exact) mass is 311 g/mol. The van der Waals surface area contributed by atoms with Crippen LogP contribution in [0.15, 0.2) is 42.9 Å². The smallest absolute Gasteiger partial charge is 0.324 e. The predicted molar refractivity (Wildman–Crippen MR) is 80.4 cm³/mol. The molecule has 1 aliphatic heterocycles. The van der Waals surface area contributed by atoms with Crippen molar-refractivity contribution < 1.29 is 14.4 Å². The van der Waals surface area contributed by atoms with Gasteiger partial charge in [-0.1, -0.05) is 12.1 Å². The van der Waals surface area contributed by atoms with E-state index in [0.29, 0.717) is 5.69 Å². The van der Waals surface area contributed by atoms with E-state index in [1.54, 1.807) is 24.3 Å². The molecule has 8 heteroatoms. The number of anilines is 1. The lowest BCUT2D eigenvalue weighted by Gasteiger charge is -2.12. The Hall–Kier alpha value is -3.29. The lowest BCUT2D eigenvalue weighted by molar-refractivity contribution is -0.125. The maximum absolute atomic E-state index is 11.9. The minimum atomic E-state index is -0.393. The molecule has 0 aliphatic carbocycles. The van der Waals surface area contributed by atoms with Crippen LogP contribution in [0.2, 0.25) is 0 Å². The molecule has 116 valence electrons. The van der Waals surface area contributed by atoms with Gasteiger partial charge in [-0.05, 0) is 17.7 Å². The number of rotatable bonds is 4. The van der Waals surface area contributed by atoms with E-state index >= 15 is 0 Å². The number of nitrogens with zero attached hydrogens (tertiary/aromatic N) is 3. The molecule has 2 heterocycles. The van der Waals surface area contributed by atoms with Crippen LogP contribution in [0.1, 0.15) is 16.1 Å². The first-order chi connectivity index (χ1) is 11.1. The van der Waals surface area contributed by atoms with Gasteiger partial charge in [0.1, 0.15) is 5.69 Å². The summed E-state index contributed by atoms with van der Waals surface area (Å²) in [6, 6.07) is 6.48. The van der Waals surface area contributed by atoms with Crippen LogP contribution in [-0.4, -0.2) is 39.3 Å². The van der Waals surface area contributed by atoms with E-state index in [2.05, 4.69) is 20.6 Å². The number of carbonyl (C=O) groups is 3. The maximum Gasteiger partial charge on any atom is 0.324 e. The number of hydrogen-bond acceptors (Lipinski definition) is 5. The minimum Gasteiger partial charge on any atom is -0.329 e. The summed E-state index contributed by atoms with van der Waals surface area (Å²) in [4.78, 5) is 43.9. The summed E-state index contributed by atoms with van der Waals surface area (Å²) in [5.74, 6) is -0.616. The SMILES string of the molecule is O=C(Nc1ccc(CN2C(=O)CNC2=O)cc1)c1cnccn1. The molecular weight excluding hydrogens is 298 g/mol. The molecule has 0 atom stereocenters. The molecular formula is C15H13N5O3. The Morgan fingerprint density at radius 2 is 2.00 bits per heavy atom. The number of urea groups is 1. The molecule has 8 nitrogen and oxygen atoms in total. The summed E-state index contributed by atoms with van der Waals surface area (Å²) < 4.78 is 0. The van der Waals surface area contributed by atoms with E-state index in [9.17, 15) is 14.4 Å². The molecule has 23 heavy (non-hydrogen) atoms. The number of hydrogen-bond donors (Lipinski definition) is 2. The zero-order valence-corrected chi connectivity index (χ0v) is 12.0. The van der Waals surface area contributed by atoms with Crippen molar-refractivity contribution in [1.29, 1.82) is 0 Å². The van der Waals surface area contributed by atoms with Gasteiger partial charge in [0, 0.05) is 18.1 Å². The zero-order valence-electron chi connectivity index (χ0n) is 12.0. The summed E-state index contributed by atoms with van der Waals surface area (Å²) in [6.07, 6.45) is 4.30. The van der Waals surface area contributed by atoms with Gasteiger partial charge in [-0.25, -0.2) is 9.78 Å². The van der Waals surface area contributed by atoms with E-state index in [1.807, 2.05) is 0 Å². The number of carbonyl (C=O) groups excluding carboxylic acids is 3. The summed E-state index contributed by atoms with van der Waals surface area (Å²) in [5.41, 5.74) is 1.59. The quantitative estimate of drug-likeness (QED) is 0.812. The van der Waals surface area contributed by atoms with Crippen LogP contribution in [0.3, 0.4) is 0 Å². The van der Waals surface area contributed by atoms with Crippen molar-refractivity contribution in [3.05, 3.63) is 54.1 Å². The Labute approximate surface area is 131 Å². The second-order valence-electron chi connectivity index (χ2n) is 4.88. The van der Waals surface area contributed by atoms with Crippen molar-refractivity contribution in [3.63, 3.8) is 0 Å². The lowest BCUT2D eigenvalue weighted by Crippen LogP contribution is -2.30. The molecule has 4 amide bonds. The second kappa shape index (κ2) is 6.22. The van der Waals surface area contributed by atoms with E-state index in [1.165, 1.54) is 18.6 Å². The van der Waals surface area contributed by atoms with Crippen LogP contribution < -0.4 is 10.6 Å². The number of imide groups is 1. The average molecular weight is 311 g/mol. The molecule has 0 unspecified atom stereocenters. The van der Waals surface area contributed by atoms with Gasteiger partial charge in [-0.2, -0.15) is 0 Å². The molecule has 0 saturated carbocycles. The van der Waals surface area contributed by atoms with Crippen LogP contribution in [-0.2, 0) is 11.3 Å². The van der Waals surface area contributed by atoms with Gasteiger partial charge in [0.2, 0.25) is 5.91 Å². The highest BCUT2D eigenvalue weighted by Crippen LogP contribution is 2.13. The van der Waals surface area contributed by atoms with Gasteiger partial charge in [0.25, 0.3) is 5.91 Å². The van der Waals surface area contributed by atoms with E-state index in [-0.39, 0.29) is 30.6 Å². The fourth-order valence-corrected chi connectivity index (χ4v) is 2.10. The first-order valence-electron chi connectivity index (χ1n) is 6.88. The first kappa shape index (κ1) is 14.6. The molecule has 1 aromatic heterocycles. The van der Waals surface area contributed by atoms with Gasteiger partial charge < -0.3 is 10.6 Å². The van der Waals surface area contributed by atoms with Crippen LogP contribution in [0, 0.1) is 0 Å². The topological polar surface area (TPSA) is 104 Å². The Bertz CT molecular complexity index is 729. The summed E-state index contributed by atoms with van der Waals surface area (Å²) in [5, 5.41) is 5.16. The third-order valence-corrected chi connectivity index (χ3v) is 3.29. The minimum absolute atomic E-state index is 0.0328. The molecule has 0 bridgehead atoms. The molecule has 1 fully saturated rings. The maximum atomic E-state index is 11.9. The average Bonchev–Trinajstić information content (AvgIpc) is 2.89. The molecule has 0 spiro atoms. The van der Waals surface area contributed by atoms with Crippen LogP contribution >= 0.6 is 0 Å². The molecule has 1 saturated heterocycles. The number of benzene rings is 1. The third-order valence-electron chi connectivity index (χ3n) is 3.29. The standard InChI is InChI=1S/C15H13N5O3/c21-13-8-18-15(23)20(13)9-10-1-3-11(4-2-10)19-14(22)12-7-16-5-6-17-12/h1-7H,8-9H2,(H,18,23)(H,19,22). The largest absolute Gasteiger partial charge is 0.329 e. The summed E-state index contributed by atoms with van der Waals surface area (Å²) in [7, 11) is 0. The normalized spacial score (nSPS) is 13.8. The molecule has 0 radical (unpaired) electrons. The summed E-state index contributed by atoms with van der Waals surface area (Å²) >= 11 is 0. The highest BCUT2D eigenvalue weighted by molar-refractivity contribution is 6.03. The Morgan fingerprint density at radius 3 is 2.61 bits per heavy atom. The van der Waals surface area contributed by atoms with E-state index in [4.69, 9.17) is 0 Å². The zero-order chi connectivity index (χ0) is 16.2. The Morgan fingerprint density at radius 1 is 1.22 bits per heavy atom. The van der Waals surface area contributed by atoms with Crippen molar-refractivity contribution in [2.24, 2.45) is 0 Å². The number of nitrogens with one attached hydrogen (secondary N) is 2. The van der Waals surface area contributed by atoms with Gasteiger partial charge >= 0.3 is 6.03 Å². The molecule has 3 rings (SSSR count). The lowest BCUT2D eigenvalue weighted by atomic mass is 10.2. The molecule has 2 N–H and O–H groups in total. The first-order valence-corrected chi connectivity index (χ1v) is 6.88. The Kier molecular flexibility index (Phi) is 3.96. The van der Waals surface area contributed by atoms with E-state index in [0.717, 1.165) is 10.5 Å². The highest BCUT2D eigenvalue weighted by atomic mass is 16.2. The third kappa shape index (κ3) is 3.31. The Balaban J connectivity index is 1.64. The van der Waals surface area contributed by atoms with Crippen LogP contribution in [0.25, 0.3) is 0 Å². The predicted octanol–water partition coefficient (Wildman–Crippen LogP) is 0.781. The van der Waals surface area contributed by atoms with Crippen molar-refractivity contribution >= 4 is 23.5 Å². The molecule has 1 aromatic carbocycles. The van der Waals surface area contributed by atoms with E-state index < -0.39 is 6.03 Å². The van der Waals surface area contributed by atoms with Crippen molar-refractivity contribution in [2.75, 3.05) is 11.9 Å². The fraction of sp³-hybridized carbons (Fsp3) is 0.133. The van der Waals surface area contributed by atoms with Gasteiger partial charge in [-0.3, -0.25) is 19.5 Å². The van der Waals surface area contributed by atoms with Crippen LogP contribution in [0.5, 0.6) is 0 Å². The number of amides is 4. The fourth-order valence-electron chi connectivity index (χ4n) is 2.10. The van der Waals surface area contributed by atoms with Crippen molar-refractivity contribution in [1.82, 2.24) is 20.2 Å². The number of aromatic nitrogens is 2. The van der Waals surface area contributed by atoms with Crippen LogP contribution in [0.4, 0.5) is 10.5 Å². The van der Waals surface area contributed by atoms with Gasteiger partial charge in [0.15, 0.2) is 0 Å². The highest BCUT2D eigenvalue weighted by Gasteiger charge is 2.28. The second-order valence-corrected chi connectivity index (χ2v) is 4.88. The van der Waals surface area contributed by atoms with Gasteiger partial charge in [0.05, 0.1) is 19.3 Å².